The van der Waals surface area contributed by atoms with Crippen molar-refractivity contribution >= 4 is 49.2 Å². The molecule has 0 spiro atoms. The number of sulfonamides is 1. The third kappa shape index (κ3) is 5.98. The highest BCUT2D eigenvalue weighted by atomic mass is 32.2. The van der Waals surface area contributed by atoms with Crippen molar-refractivity contribution < 1.29 is 17.5 Å². The number of ether oxygens (including phenoxy) is 1. The molecule has 0 saturated carbocycles. The summed E-state index contributed by atoms with van der Waals surface area (Å²) in [5.41, 5.74) is 8.76. The highest BCUT2D eigenvalue weighted by Gasteiger charge is 2.25. The minimum absolute atomic E-state index is 0.0190. The van der Waals surface area contributed by atoms with E-state index in [1.54, 1.807) is 22.6 Å². The predicted octanol–water partition coefficient (Wildman–Crippen LogP) is 5.21. The molecule has 0 saturated heterocycles. The number of nitrogen functional groups attached to an aromatic ring is 1. The fourth-order valence-electron chi connectivity index (χ4n) is 5.04. The fourth-order valence-corrected chi connectivity index (χ4v) is 6.52. The van der Waals surface area contributed by atoms with Gasteiger partial charge in [0.25, 0.3) is 5.56 Å². The van der Waals surface area contributed by atoms with Crippen LogP contribution in [0.4, 0.5) is 21.7 Å². The van der Waals surface area contributed by atoms with Crippen molar-refractivity contribution in [3.63, 3.8) is 0 Å². The topological polar surface area (TPSA) is 165 Å². The van der Waals surface area contributed by atoms with Crippen LogP contribution in [0, 0.1) is 18.2 Å². The Labute approximate surface area is 257 Å². The summed E-state index contributed by atoms with van der Waals surface area (Å²) in [6, 6.07) is 11.9. The molecule has 5 rings (SSSR count). The molecule has 1 atom stereocenters. The van der Waals surface area contributed by atoms with Gasteiger partial charge in [0.2, 0.25) is 10.0 Å². The molecule has 0 unspecified atom stereocenters. The summed E-state index contributed by atoms with van der Waals surface area (Å²) in [4.78, 5) is 23.1. The van der Waals surface area contributed by atoms with Crippen molar-refractivity contribution in [3.05, 3.63) is 98.8 Å². The standard InChI is InChI=1S/C30H30FN7O4S2/c1-5-21(20-13-24-38(16(2)14-43-24)30(39)25(20)17-7-6-8-19(31)11-17)36-29-26(28(33)34-15-35-29)27(32)18-9-10-23(42-3)22(12-18)37-44(4,40)41/h6-15,21,32,37H,5H2,1-4H3,(H3,33,34,35,36)/t21-/m0/s1. The Kier molecular flexibility index (Phi) is 8.39. The average Bonchev–Trinajstić information content (AvgIpc) is 3.35. The number of hydrogen-bond donors (Lipinski definition) is 4. The fraction of sp³-hybridized carbons (Fsp3) is 0.200. The maximum Gasteiger partial charge on any atom is 0.264 e. The van der Waals surface area contributed by atoms with E-state index < -0.39 is 21.9 Å². The van der Waals surface area contributed by atoms with Gasteiger partial charge in [-0.2, -0.15) is 0 Å². The first-order valence-electron chi connectivity index (χ1n) is 13.4. The molecule has 0 bridgehead atoms. The number of benzene rings is 2. The second-order valence-electron chi connectivity index (χ2n) is 10.1. The van der Waals surface area contributed by atoms with E-state index in [1.165, 1.54) is 49.0 Å². The number of aryl methyl sites for hydroxylation is 1. The summed E-state index contributed by atoms with van der Waals surface area (Å²) in [5.74, 6) is 0.0506. The lowest BCUT2D eigenvalue weighted by Crippen LogP contribution is -2.23. The number of nitrogens with one attached hydrogen (secondary N) is 3. The Bertz CT molecular complexity index is 2080. The molecule has 44 heavy (non-hydrogen) atoms. The van der Waals surface area contributed by atoms with Gasteiger partial charge < -0.3 is 15.8 Å². The van der Waals surface area contributed by atoms with Gasteiger partial charge in [-0.05, 0) is 60.9 Å². The van der Waals surface area contributed by atoms with Gasteiger partial charge >= 0.3 is 0 Å². The lowest BCUT2D eigenvalue weighted by atomic mass is 9.94. The normalized spacial score (nSPS) is 12.2. The van der Waals surface area contributed by atoms with Crippen LogP contribution in [-0.2, 0) is 10.0 Å². The summed E-state index contributed by atoms with van der Waals surface area (Å²) in [5, 5.41) is 14.3. The van der Waals surface area contributed by atoms with Crippen LogP contribution in [-0.4, -0.2) is 41.9 Å². The predicted molar refractivity (Wildman–Crippen MR) is 172 cm³/mol. The van der Waals surface area contributed by atoms with Gasteiger partial charge in [0.1, 0.15) is 34.4 Å². The number of fused-ring (bicyclic) bond motifs is 1. The van der Waals surface area contributed by atoms with Crippen LogP contribution in [0.25, 0.3) is 16.0 Å². The number of thiazole rings is 1. The lowest BCUT2D eigenvalue weighted by Gasteiger charge is -2.23. The van der Waals surface area contributed by atoms with Crippen LogP contribution in [0.15, 0.2) is 65.0 Å². The minimum Gasteiger partial charge on any atom is -0.495 e. The summed E-state index contributed by atoms with van der Waals surface area (Å²) < 4.78 is 47.6. The van der Waals surface area contributed by atoms with Crippen molar-refractivity contribution in [1.82, 2.24) is 14.4 Å². The molecule has 0 fully saturated rings. The first kappa shape index (κ1) is 30.6. The van der Waals surface area contributed by atoms with Gasteiger partial charge in [-0.15, -0.1) is 11.3 Å². The van der Waals surface area contributed by atoms with Gasteiger partial charge in [0.15, 0.2) is 0 Å². The van der Waals surface area contributed by atoms with Crippen LogP contribution in [0.2, 0.25) is 0 Å². The van der Waals surface area contributed by atoms with E-state index in [0.717, 1.165) is 16.8 Å². The molecule has 0 radical (unpaired) electrons. The van der Waals surface area contributed by atoms with Crippen LogP contribution < -0.4 is 26.1 Å². The molecule has 14 heteroatoms. The monoisotopic (exact) mass is 635 g/mol. The van der Waals surface area contributed by atoms with Crippen molar-refractivity contribution in [2.45, 2.75) is 26.3 Å². The summed E-state index contributed by atoms with van der Waals surface area (Å²) in [7, 11) is -2.24. The smallest absolute Gasteiger partial charge is 0.264 e. The molecule has 3 aromatic heterocycles. The molecule has 5 aromatic rings. The van der Waals surface area contributed by atoms with Gasteiger partial charge in [-0.25, -0.2) is 22.8 Å². The molecule has 0 aliphatic rings. The zero-order chi connectivity index (χ0) is 31.8. The first-order valence-corrected chi connectivity index (χ1v) is 16.2. The van der Waals surface area contributed by atoms with Crippen molar-refractivity contribution in [3.8, 4) is 16.9 Å². The number of methoxy groups -OCH3 is 1. The van der Waals surface area contributed by atoms with Crippen LogP contribution in [0.3, 0.4) is 0 Å². The van der Waals surface area contributed by atoms with E-state index >= 15 is 0 Å². The quantitative estimate of drug-likeness (QED) is 0.152. The Balaban J connectivity index is 1.63. The third-order valence-corrected chi connectivity index (χ3v) is 8.62. The Hall–Kier alpha value is -4.82. The zero-order valence-corrected chi connectivity index (χ0v) is 25.9. The zero-order valence-electron chi connectivity index (χ0n) is 24.3. The Morgan fingerprint density at radius 2 is 1.98 bits per heavy atom. The minimum atomic E-state index is -3.64. The number of anilines is 3. The number of nitrogens with zero attached hydrogens (tertiary/aromatic N) is 3. The molecule has 11 nitrogen and oxygen atoms in total. The number of rotatable bonds is 10. The van der Waals surface area contributed by atoms with E-state index in [9.17, 15) is 17.6 Å². The summed E-state index contributed by atoms with van der Waals surface area (Å²) in [6.45, 7) is 3.77. The van der Waals surface area contributed by atoms with E-state index in [0.29, 0.717) is 28.7 Å². The third-order valence-electron chi connectivity index (χ3n) is 7.03. The highest BCUT2D eigenvalue weighted by Crippen LogP contribution is 2.35. The van der Waals surface area contributed by atoms with E-state index in [1.807, 2.05) is 25.3 Å². The number of aromatic nitrogens is 3. The molecule has 0 aliphatic carbocycles. The molecule has 2 aromatic carbocycles. The molecule has 3 heterocycles. The Morgan fingerprint density at radius 1 is 1.20 bits per heavy atom. The summed E-state index contributed by atoms with van der Waals surface area (Å²) >= 11 is 1.42. The molecule has 228 valence electrons. The maximum absolute atomic E-state index is 14.4. The van der Waals surface area contributed by atoms with Gasteiger partial charge in [0.05, 0.1) is 41.9 Å². The molecule has 0 aliphatic heterocycles. The van der Waals surface area contributed by atoms with Crippen molar-refractivity contribution in [1.29, 1.82) is 5.41 Å². The van der Waals surface area contributed by atoms with Crippen LogP contribution >= 0.6 is 11.3 Å². The van der Waals surface area contributed by atoms with Gasteiger partial charge in [0, 0.05) is 16.6 Å². The number of nitrogens with two attached hydrogens (primary N) is 1. The highest BCUT2D eigenvalue weighted by molar-refractivity contribution is 7.92. The molecular weight excluding hydrogens is 606 g/mol. The lowest BCUT2D eigenvalue weighted by molar-refractivity contribution is 0.417. The van der Waals surface area contributed by atoms with E-state index in [-0.39, 0.29) is 39.9 Å². The van der Waals surface area contributed by atoms with Gasteiger partial charge in [-0.3, -0.25) is 19.3 Å². The van der Waals surface area contributed by atoms with Crippen LogP contribution in [0.5, 0.6) is 5.75 Å². The van der Waals surface area contributed by atoms with Gasteiger partial charge in [-0.1, -0.05) is 19.1 Å². The molecule has 5 N–H and O–H groups in total. The average molecular weight is 636 g/mol. The number of hydrogen-bond acceptors (Lipinski definition) is 10. The SMILES string of the molecule is CC[C@H](Nc1ncnc(N)c1C(=N)c1ccc(OC)c(NS(C)(=O)=O)c1)c1cc2scc(C)n2c(=O)c1-c1cccc(F)c1. The van der Waals surface area contributed by atoms with Crippen LogP contribution in [0.1, 0.15) is 41.8 Å². The largest absolute Gasteiger partial charge is 0.495 e. The molecule has 0 amide bonds. The van der Waals surface area contributed by atoms with Crippen molar-refractivity contribution in [2.24, 2.45) is 0 Å². The number of pyridine rings is 1. The maximum atomic E-state index is 14.4. The first-order chi connectivity index (χ1) is 20.9. The van der Waals surface area contributed by atoms with Crippen molar-refractivity contribution in [2.75, 3.05) is 29.1 Å². The number of halogens is 1. The summed E-state index contributed by atoms with van der Waals surface area (Å²) in [6.07, 6.45) is 2.77. The second kappa shape index (κ2) is 12.1. The van der Waals surface area contributed by atoms with E-state index in [4.69, 9.17) is 15.9 Å². The van der Waals surface area contributed by atoms with E-state index in [2.05, 4.69) is 20.0 Å². The Morgan fingerprint density at radius 3 is 2.66 bits per heavy atom. The molecular formula is C30H30FN7O4S2. The second-order valence-corrected chi connectivity index (χ2v) is 12.7.